The van der Waals surface area contributed by atoms with Crippen molar-refractivity contribution in [2.75, 3.05) is 20.1 Å². The first kappa shape index (κ1) is 14.6. The van der Waals surface area contributed by atoms with E-state index in [0.29, 0.717) is 6.54 Å². The van der Waals surface area contributed by atoms with Crippen LogP contribution >= 0.6 is 0 Å². The minimum atomic E-state index is -0.256. The van der Waals surface area contributed by atoms with Crippen molar-refractivity contribution in [1.29, 1.82) is 0 Å². The molecular formula is C16H19FN4O. The van der Waals surface area contributed by atoms with Gasteiger partial charge >= 0.3 is 6.03 Å². The molecule has 1 aliphatic heterocycles. The third kappa shape index (κ3) is 2.95. The lowest BCUT2D eigenvalue weighted by Crippen LogP contribution is -2.43. The first-order valence-electron chi connectivity index (χ1n) is 7.45. The second kappa shape index (κ2) is 6.17. The Hall–Kier alpha value is -2.37. The first-order chi connectivity index (χ1) is 10.7. The summed E-state index contributed by atoms with van der Waals surface area (Å²) in [5.41, 5.74) is 2.70. The van der Waals surface area contributed by atoms with Gasteiger partial charge in [-0.25, -0.2) is 9.18 Å². The van der Waals surface area contributed by atoms with Crippen LogP contribution in [0.15, 0.2) is 30.3 Å². The summed E-state index contributed by atoms with van der Waals surface area (Å²) in [6, 6.07) is 8.24. The maximum atomic E-state index is 13.0. The average molecular weight is 302 g/mol. The molecule has 2 N–H and O–H groups in total. The van der Waals surface area contributed by atoms with Crippen LogP contribution in [-0.2, 0) is 0 Å². The van der Waals surface area contributed by atoms with Gasteiger partial charge in [0.15, 0.2) is 0 Å². The van der Waals surface area contributed by atoms with Gasteiger partial charge in [-0.15, -0.1) is 0 Å². The fourth-order valence-corrected chi connectivity index (χ4v) is 2.89. The van der Waals surface area contributed by atoms with Crippen LogP contribution in [0.3, 0.4) is 0 Å². The molecule has 1 aromatic carbocycles. The molecule has 0 radical (unpaired) electrons. The molecule has 0 spiro atoms. The van der Waals surface area contributed by atoms with Crippen molar-refractivity contribution in [3.8, 4) is 11.3 Å². The minimum Gasteiger partial charge on any atom is -0.341 e. The normalized spacial score (nSPS) is 18.3. The van der Waals surface area contributed by atoms with Crippen LogP contribution in [0, 0.1) is 5.82 Å². The number of aromatic nitrogens is 2. The fraction of sp³-hybridized carbons (Fsp3) is 0.375. The lowest BCUT2D eigenvalue weighted by Gasteiger charge is -2.31. The number of nitrogens with zero attached hydrogens (tertiary/aromatic N) is 2. The van der Waals surface area contributed by atoms with Gasteiger partial charge in [0.2, 0.25) is 0 Å². The van der Waals surface area contributed by atoms with Crippen molar-refractivity contribution in [2.45, 2.75) is 18.8 Å². The van der Waals surface area contributed by atoms with E-state index in [4.69, 9.17) is 0 Å². The molecule has 116 valence electrons. The Kier molecular flexibility index (Phi) is 4.09. The minimum absolute atomic E-state index is 0.0389. The first-order valence-corrected chi connectivity index (χ1v) is 7.45. The van der Waals surface area contributed by atoms with Crippen LogP contribution in [0.1, 0.15) is 24.5 Å². The molecule has 3 rings (SSSR count). The Morgan fingerprint density at radius 1 is 1.41 bits per heavy atom. The van der Waals surface area contributed by atoms with Crippen LogP contribution in [0.2, 0.25) is 0 Å². The number of H-pyrrole nitrogens is 1. The van der Waals surface area contributed by atoms with Crippen molar-refractivity contribution in [3.05, 3.63) is 41.8 Å². The summed E-state index contributed by atoms with van der Waals surface area (Å²) in [5.74, 6) is 0.000702. The number of carbonyl (C=O) groups excluding carboxylic acids is 1. The number of rotatable bonds is 2. The predicted molar refractivity (Wildman–Crippen MR) is 82.0 cm³/mol. The summed E-state index contributed by atoms with van der Waals surface area (Å²) in [6.45, 7) is 1.47. The summed E-state index contributed by atoms with van der Waals surface area (Å²) < 4.78 is 13.0. The Balaban J connectivity index is 1.75. The van der Waals surface area contributed by atoms with E-state index < -0.39 is 0 Å². The van der Waals surface area contributed by atoms with Crippen molar-refractivity contribution in [2.24, 2.45) is 0 Å². The molecule has 2 heterocycles. The predicted octanol–water partition coefficient (Wildman–Crippen LogP) is 2.73. The van der Waals surface area contributed by atoms with E-state index in [1.165, 1.54) is 12.1 Å². The van der Waals surface area contributed by atoms with Crippen molar-refractivity contribution in [3.63, 3.8) is 0 Å². The van der Waals surface area contributed by atoms with Crippen molar-refractivity contribution < 1.29 is 9.18 Å². The molecule has 0 aliphatic carbocycles. The number of carbonyl (C=O) groups is 1. The van der Waals surface area contributed by atoms with Crippen LogP contribution in [0.25, 0.3) is 11.3 Å². The Labute approximate surface area is 128 Å². The molecule has 2 amide bonds. The quantitative estimate of drug-likeness (QED) is 0.896. The molecule has 0 bridgehead atoms. The van der Waals surface area contributed by atoms with Crippen LogP contribution in [0.4, 0.5) is 9.18 Å². The molecule has 2 aromatic rings. The summed E-state index contributed by atoms with van der Waals surface area (Å²) in [7, 11) is 1.65. The smallest absolute Gasteiger partial charge is 0.317 e. The number of benzene rings is 1. The molecule has 1 atom stereocenters. The van der Waals surface area contributed by atoms with E-state index in [0.717, 1.165) is 36.3 Å². The maximum Gasteiger partial charge on any atom is 0.317 e. The molecular weight excluding hydrogens is 283 g/mol. The second-order valence-electron chi connectivity index (χ2n) is 5.56. The number of urea groups is 1. The zero-order chi connectivity index (χ0) is 15.5. The van der Waals surface area contributed by atoms with Gasteiger partial charge in [0.05, 0.1) is 5.69 Å². The summed E-state index contributed by atoms with van der Waals surface area (Å²) in [5, 5.41) is 10.0. The molecule has 1 unspecified atom stereocenters. The number of nitrogens with one attached hydrogen (secondary N) is 2. The van der Waals surface area contributed by atoms with Gasteiger partial charge in [-0.2, -0.15) is 5.10 Å². The highest BCUT2D eigenvalue weighted by atomic mass is 19.1. The third-order valence-electron chi connectivity index (χ3n) is 4.10. The Bertz CT molecular complexity index is 652. The number of aromatic amines is 1. The fourth-order valence-electron chi connectivity index (χ4n) is 2.89. The van der Waals surface area contributed by atoms with Crippen molar-refractivity contribution >= 4 is 6.03 Å². The number of halogens is 1. The Morgan fingerprint density at radius 2 is 2.18 bits per heavy atom. The lowest BCUT2D eigenvalue weighted by molar-refractivity contribution is 0.181. The molecule has 1 saturated heterocycles. The SMILES string of the molecule is CNC(=O)N1CCCC(c2cc(-c3ccc(F)cc3)n[nH]2)C1. The van der Waals surface area contributed by atoms with Gasteiger partial charge in [-0.3, -0.25) is 5.10 Å². The highest BCUT2D eigenvalue weighted by Gasteiger charge is 2.25. The molecule has 1 aliphatic rings. The van der Waals surface area contributed by atoms with E-state index >= 15 is 0 Å². The summed E-state index contributed by atoms with van der Waals surface area (Å²) in [4.78, 5) is 13.6. The van der Waals surface area contributed by atoms with Gasteiger partial charge in [-0.05, 0) is 43.2 Å². The van der Waals surface area contributed by atoms with Gasteiger partial charge in [0, 0.05) is 37.3 Å². The van der Waals surface area contributed by atoms with Gasteiger partial charge in [0.25, 0.3) is 0 Å². The molecule has 5 nitrogen and oxygen atoms in total. The molecule has 0 saturated carbocycles. The van der Waals surface area contributed by atoms with Gasteiger partial charge in [-0.1, -0.05) is 0 Å². The third-order valence-corrected chi connectivity index (χ3v) is 4.10. The molecule has 6 heteroatoms. The van der Waals surface area contributed by atoms with Crippen LogP contribution in [0.5, 0.6) is 0 Å². The Morgan fingerprint density at radius 3 is 2.91 bits per heavy atom. The standard InChI is InChI=1S/C16H19FN4O/c1-18-16(22)21-8-2-3-12(10-21)15-9-14(19-20-15)11-4-6-13(17)7-5-11/h4-7,9,12H,2-3,8,10H2,1H3,(H,18,22)(H,19,20). The van der Waals surface area contributed by atoms with Gasteiger partial charge in [0.1, 0.15) is 5.82 Å². The van der Waals surface area contributed by atoms with E-state index in [9.17, 15) is 9.18 Å². The summed E-state index contributed by atoms with van der Waals surface area (Å²) >= 11 is 0. The largest absolute Gasteiger partial charge is 0.341 e. The van der Waals surface area contributed by atoms with Crippen LogP contribution < -0.4 is 5.32 Å². The zero-order valence-electron chi connectivity index (χ0n) is 12.5. The zero-order valence-corrected chi connectivity index (χ0v) is 12.5. The number of piperidine rings is 1. The average Bonchev–Trinajstić information content (AvgIpc) is 3.05. The monoisotopic (exact) mass is 302 g/mol. The number of hydrogen-bond acceptors (Lipinski definition) is 2. The molecule has 1 fully saturated rings. The number of hydrogen-bond donors (Lipinski definition) is 2. The van der Waals surface area contributed by atoms with E-state index in [1.54, 1.807) is 19.2 Å². The van der Waals surface area contributed by atoms with Crippen LogP contribution in [-0.4, -0.2) is 41.3 Å². The van der Waals surface area contributed by atoms with Crippen molar-refractivity contribution in [1.82, 2.24) is 20.4 Å². The van der Waals surface area contributed by atoms with E-state index in [-0.39, 0.29) is 17.8 Å². The van der Waals surface area contributed by atoms with E-state index in [2.05, 4.69) is 15.5 Å². The van der Waals surface area contributed by atoms with E-state index in [1.807, 2.05) is 11.0 Å². The lowest BCUT2D eigenvalue weighted by atomic mass is 9.94. The highest BCUT2D eigenvalue weighted by molar-refractivity contribution is 5.74. The summed E-state index contributed by atoms with van der Waals surface area (Å²) in [6.07, 6.45) is 2.00. The highest BCUT2D eigenvalue weighted by Crippen LogP contribution is 2.28. The molecule has 22 heavy (non-hydrogen) atoms. The maximum absolute atomic E-state index is 13.0. The van der Waals surface area contributed by atoms with Gasteiger partial charge < -0.3 is 10.2 Å². The molecule has 1 aromatic heterocycles. The topological polar surface area (TPSA) is 61.0 Å². The number of amides is 2. The second-order valence-corrected chi connectivity index (χ2v) is 5.56. The number of likely N-dealkylation sites (tertiary alicyclic amines) is 1.